The van der Waals surface area contributed by atoms with Crippen molar-refractivity contribution < 1.29 is 4.74 Å². The first-order chi connectivity index (χ1) is 8.36. The molecule has 0 aromatic carbocycles. The Morgan fingerprint density at radius 3 is 2.94 bits per heavy atom. The summed E-state index contributed by atoms with van der Waals surface area (Å²) in [5, 5.41) is 3.60. The van der Waals surface area contributed by atoms with E-state index in [0.717, 1.165) is 6.61 Å². The van der Waals surface area contributed by atoms with Crippen LogP contribution in [-0.2, 0) is 4.74 Å². The summed E-state index contributed by atoms with van der Waals surface area (Å²) < 4.78 is 5.77. The average molecular weight is 238 g/mol. The van der Waals surface area contributed by atoms with Crippen molar-refractivity contribution in [2.75, 3.05) is 39.3 Å². The van der Waals surface area contributed by atoms with Gasteiger partial charge in [-0.05, 0) is 57.0 Å². The van der Waals surface area contributed by atoms with Gasteiger partial charge in [0.15, 0.2) is 0 Å². The molecule has 3 aliphatic rings. The van der Waals surface area contributed by atoms with Crippen molar-refractivity contribution in [2.45, 2.75) is 44.6 Å². The number of hydrogen-bond donors (Lipinski definition) is 1. The molecule has 0 radical (unpaired) electrons. The second-order valence-electron chi connectivity index (χ2n) is 6.25. The van der Waals surface area contributed by atoms with Gasteiger partial charge in [-0.3, -0.25) is 0 Å². The van der Waals surface area contributed by atoms with Crippen LogP contribution in [0.2, 0.25) is 0 Å². The average Bonchev–Trinajstić information content (AvgIpc) is 2.83. The lowest BCUT2D eigenvalue weighted by atomic mass is 9.74. The van der Waals surface area contributed by atoms with Gasteiger partial charge in [-0.15, -0.1) is 0 Å². The zero-order chi connectivity index (χ0) is 11.6. The van der Waals surface area contributed by atoms with Crippen molar-refractivity contribution in [3.63, 3.8) is 0 Å². The highest BCUT2D eigenvalue weighted by molar-refractivity contribution is 4.92. The highest BCUT2D eigenvalue weighted by Crippen LogP contribution is 2.36. The van der Waals surface area contributed by atoms with Crippen molar-refractivity contribution in [1.82, 2.24) is 10.2 Å². The molecule has 3 fully saturated rings. The van der Waals surface area contributed by atoms with Gasteiger partial charge in [0.2, 0.25) is 0 Å². The molecule has 2 unspecified atom stereocenters. The smallest absolute Gasteiger partial charge is 0.0702 e. The molecule has 3 nitrogen and oxygen atoms in total. The van der Waals surface area contributed by atoms with Crippen LogP contribution in [0.3, 0.4) is 0 Å². The zero-order valence-corrected chi connectivity index (χ0v) is 10.9. The molecule has 3 saturated heterocycles. The van der Waals surface area contributed by atoms with Crippen LogP contribution in [-0.4, -0.2) is 50.3 Å². The lowest BCUT2D eigenvalue weighted by Gasteiger charge is -2.46. The van der Waals surface area contributed by atoms with Crippen LogP contribution in [0.4, 0.5) is 0 Å². The molecule has 0 aromatic heterocycles. The molecule has 0 amide bonds. The van der Waals surface area contributed by atoms with Gasteiger partial charge in [-0.1, -0.05) is 0 Å². The molecule has 1 N–H and O–H groups in total. The predicted molar refractivity (Wildman–Crippen MR) is 69.2 cm³/mol. The monoisotopic (exact) mass is 238 g/mol. The Bertz CT molecular complexity index is 239. The van der Waals surface area contributed by atoms with Crippen molar-refractivity contribution in [3.8, 4) is 0 Å². The molecule has 3 rings (SSSR count). The first-order valence-electron chi connectivity index (χ1n) is 7.41. The zero-order valence-electron chi connectivity index (χ0n) is 10.9. The van der Waals surface area contributed by atoms with E-state index in [1.165, 1.54) is 71.2 Å². The molecule has 0 aliphatic carbocycles. The van der Waals surface area contributed by atoms with E-state index in [4.69, 9.17) is 4.74 Å². The fourth-order valence-electron chi connectivity index (χ4n) is 3.92. The van der Waals surface area contributed by atoms with Gasteiger partial charge >= 0.3 is 0 Å². The van der Waals surface area contributed by atoms with Gasteiger partial charge in [0.05, 0.1) is 6.10 Å². The Morgan fingerprint density at radius 2 is 2.18 bits per heavy atom. The van der Waals surface area contributed by atoms with E-state index < -0.39 is 0 Å². The molecule has 3 aliphatic heterocycles. The summed E-state index contributed by atoms with van der Waals surface area (Å²) in [6, 6.07) is 0. The Hall–Kier alpha value is -0.120. The molecule has 98 valence electrons. The van der Waals surface area contributed by atoms with Gasteiger partial charge in [0.1, 0.15) is 0 Å². The maximum Gasteiger partial charge on any atom is 0.0702 e. The van der Waals surface area contributed by atoms with Crippen LogP contribution in [0.5, 0.6) is 0 Å². The molecular weight excluding hydrogens is 212 g/mol. The van der Waals surface area contributed by atoms with Gasteiger partial charge in [0, 0.05) is 26.2 Å². The van der Waals surface area contributed by atoms with E-state index in [9.17, 15) is 0 Å². The number of hydrogen-bond acceptors (Lipinski definition) is 3. The van der Waals surface area contributed by atoms with Crippen molar-refractivity contribution in [2.24, 2.45) is 5.41 Å². The fraction of sp³-hybridized carbons (Fsp3) is 1.00. The van der Waals surface area contributed by atoms with E-state index >= 15 is 0 Å². The Kier molecular flexibility index (Phi) is 3.69. The van der Waals surface area contributed by atoms with Crippen LogP contribution < -0.4 is 5.32 Å². The minimum Gasteiger partial charge on any atom is -0.377 e. The molecule has 0 aromatic rings. The normalized spacial score (nSPS) is 39.9. The summed E-state index contributed by atoms with van der Waals surface area (Å²) in [5.41, 5.74) is 0.592. The standard InChI is InChI=1S/C14H26N2O/c1-4-13(17-9-1)10-16-8-3-6-14(12-16)5-2-7-15-11-14/h13,15H,1-12H2. The Labute approximate surface area is 105 Å². The second-order valence-corrected chi connectivity index (χ2v) is 6.25. The molecule has 17 heavy (non-hydrogen) atoms. The maximum absolute atomic E-state index is 5.77. The highest BCUT2D eigenvalue weighted by atomic mass is 16.5. The molecule has 2 atom stereocenters. The largest absolute Gasteiger partial charge is 0.377 e. The first-order valence-corrected chi connectivity index (χ1v) is 7.41. The summed E-state index contributed by atoms with van der Waals surface area (Å²) in [7, 11) is 0. The van der Waals surface area contributed by atoms with E-state index in [2.05, 4.69) is 10.2 Å². The number of likely N-dealkylation sites (tertiary alicyclic amines) is 1. The second kappa shape index (κ2) is 5.25. The minimum atomic E-state index is 0.529. The number of ether oxygens (including phenoxy) is 1. The Balaban J connectivity index is 1.55. The molecule has 3 heteroatoms. The summed E-state index contributed by atoms with van der Waals surface area (Å²) in [6.07, 6.45) is 8.70. The van der Waals surface area contributed by atoms with Crippen molar-refractivity contribution in [3.05, 3.63) is 0 Å². The van der Waals surface area contributed by atoms with Crippen molar-refractivity contribution in [1.29, 1.82) is 0 Å². The number of nitrogens with zero attached hydrogens (tertiary/aromatic N) is 1. The SMILES string of the molecule is C1COC(CN2CCCC3(CCCNC3)C2)C1. The quantitative estimate of drug-likeness (QED) is 0.791. The van der Waals surface area contributed by atoms with Gasteiger partial charge in [-0.25, -0.2) is 0 Å². The number of piperidine rings is 2. The molecule has 3 heterocycles. The molecule has 1 spiro atoms. The molecule has 0 saturated carbocycles. The maximum atomic E-state index is 5.77. The summed E-state index contributed by atoms with van der Waals surface area (Å²) >= 11 is 0. The lowest BCUT2D eigenvalue weighted by Crippen LogP contribution is -2.52. The van der Waals surface area contributed by atoms with Gasteiger partial charge in [0.25, 0.3) is 0 Å². The van der Waals surface area contributed by atoms with Crippen LogP contribution >= 0.6 is 0 Å². The van der Waals surface area contributed by atoms with Crippen LogP contribution in [0.15, 0.2) is 0 Å². The van der Waals surface area contributed by atoms with Gasteiger partial charge in [-0.2, -0.15) is 0 Å². The third kappa shape index (κ3) is 2.83. The molecule has 0 bridgehead atoms. The van der Waals surface area contributed by atoms with E-state index in [1.807, 2.05) is 0 Å². The fourth-order valence-corrected chi connectivity index (χ4v) is 3.92. The third-order valence-corrected chi connectivity index (χ3v) is 4.79. The summed E-state index contributed by atoms with van der Waals surface area (Å²) in [6.45, 7) is 7.25. The third-order valence-electron chi connectivity index (χ3n) is 4.79. The summed E-state index contributed by atoms with van der Waals surface area (Å²) in [4.78, 5) is 2.67. The number of rotatable bonds is 2. The highest BCUT2D eigenvalue weighted by Gasteiger charge is 2.37. The van der Waals surface area contributed by atoms with Crippen molar-refractivity contribution >= 4 is 0 Å². The van der Waals surface area contributed by atoms with Crippen LogP contribution in [0.1, 0.15) is 38.5 Å². The van der Waals surface area contributed by atoms with E-state index in [1.54, 1.807) is 0 Å². The lowest BCUT2D eigenvalue weighted by molar-refractivity contribution is 0.0204. The summed E-state index contributed by atoms with van der Waals surface area (Å²) in [5.74, 6) is 0. The van der Waals surface area contributed by atoms with Crippen LogP contribution in [0, 0.1) is 5.41 Å². The van der Waals surface area contributed by atoms with Gasteiger partial charge < -0.3 is 15.0 Å². The van der Waals surface area contributed by atoms with Crippen LogP contribution in [0.25, 0.3) is 0 Å². The van der Waals surface area contributed by atoms with E-state index in [0.29, 0.717) is 11.5 Å². The minimum absolute atomic E-state index is 0.529. The topological polar surface area (TPSA) is 24.5 Å². The number of nitrogens with one attached hydrogen (secondary N) is 1. The molecular formula is C14H26N2O. The first kappa shape index (κ1) is 11.9. The Morgan fingerprint density at radius 1 is 1.24 bits per heavy atom. The van der Waals surface area contributed by atoms with E-state index in [-0.39, 0.29) is 0 Å². The predicted octanol–water partition coefficient (Wildman–Crippen LogP) is 1.63.